The van der Waals surface area contributed by atoms with Gasteiger partial charge in [-0.25, -0.2) is 8.42 Å². The summed E-state index contributed by atoms with van der Waals surface area (Å²) >= 11 is 12.3. The van der Waals surface area contributed by atoms with Crippen molar-refractivity contribution in [2.75, 3.05) is 19.3 Å². The number of likely N-dealkylation sites (tertiary alicyclic amines) is 1. The van der Waals surface area contributed by atoms with E-state index in [1.54, 1.807) is 0 Å². The van der Waals surface area contributed by atoms with Crippen molar-refractivity contribution in [3.8, 4) is 0 Å². The molecule has 1 saturated heterocycles. The van der Waals surface area contributed by atoms with Crippen molar-refractivity contribution in [3.63, 3.8) is 0 Å². The molecule has 0 N–H and O–H groups in total. The van der Waals surface area contributed by atoms with Gasteiger partial charge in [-0.15, -0.1) is 0 Å². The van der Waals surface area contributed by atoms with E-state index in [9.17, 15) is 8.42 Å². The quantitative estimate of drug-likeness (QED) is 0.244. The third-order valence-electron chi connectivity index (χ3n) is 6.81. The molecule has 1 fully saturated rings. The summed E-state index contributed by atoms with van der Waals surface area (Å²) in [6.45, 7) is 11.8. The van der Waals surface area contributed by atoms with Gasteiger partial charge in [0.25, 0.3) is 0 Å². The second kappa shape index (κ2) is 11.9. The van der Waals surface area contributed by atoms with Gasteiger partial charge in [0.15, 0.2) is 9.84 Å². The highest BCUT2D eigenvalue weighted by atomic mass is 35.5. The molecule has 4 rings (SSSR count). The lowest BCUT2D eigenvalue weighted by molar-refractivity contribution is 0.0866. The van der Waals surface area contributed by atoms with E-state index in [1.807, 2.05) is 72.8 Å². The maximum atomic E-state index is 13.2. The first-order chi connectivity index (χ1) is 18.2. The van der Waals surface area contributed by atoms with Gasteiger partial charge in [-0.1, -0.05) is 86.4 Å². The smallest absolute Gasteiger partial charge is 0.205 e. The third kappa shape index (κ3) is 7.23. The second-order valence-electron chi connectivity index (χ2n) is 11.5. The van der Waals surface area contributed by atoms with Crippen molar-refractivity contribution in [3.05, 3.63) is 111 Å². The summed E-state index contributed by atoms with van der Waals surface area (Å²) < 4.78 is 32.8. The molecule has 1 atom stereocenters. The Morgan fingerprint density at radius 1 is 0.872 bits per heavy atom. The molecule has 39 heavy (non-hydrogen) atoms. The zero-order chi connectivity index (χ0) is 28.5. The molecule has 0 aromatic heterocycles. The number of nitrogens with zero attached hydrogens (tertiary/aromatic N) is 1. The summed E-state index contributed by atoms with van der Waals surface area (Å²) in [5, 5.41) is 1.35. The van der Waals surface area contributed by atoms with E-state index in [0.29, 0.717) is 28.0 Å². The summed E-state index contributed by atoms with van der Waals surface area (Å²) in [5.74, 6) is 0. The van der Waals surface area contributed by atoms with Gasteiger partial charge >= 0.3 is 0 Å². The first-order valence-electron chi connectivity index (χ1n) is 13.0. The van der Waals surface area contributed by atoms with Crippen molar-refractivity contribution >= 4 is 47.0 Å². The Bertz CT molecular complexity index is 1390. The van der Waals surface area contributed by atoms with Crippen molar-refractivity contribution < 1.29 is 12.8 Å². The lowest BCUT2D eigenvalue weighted by atomic mass is 9.84. The van der Waals surface area contributed by atoms with Crippen molar-refractivity contribution in [2.24, 2.45) is 5.41 Å². The summed E-state index contributed by atoms with van der Waals surface area (Å²) in [4.78, 5) is 2.69. The van der Waals surface area contributed by atoms with Crippen LogP contribution < -0.4 is 0 Å². The van der Waals surface area contributed by atoms with Gasteiger partial charge in [0, 0.05) is 29.4 Å². The average Bonchev–Trinajstić information content (AvgIpc) is 2.81. The monoisotopic (exact) mass is 600 g/mol. The van der Waals surface area contributed by atoms with E-state index in [2.05, 4.69) is 38.8 Å². The summed E-state index contributed by atoms with van der Waals surface area (Å²) in [6, 6.07) is 23.5. The Hall–Kier alpha value is -1.93. The molecular formula is C31H36Cl2NO3SSi. The minimum Gasteiger partial charge on any atom is -0.410 e. The third-order valence-corrected chi connectivity index (χ3v) is 9.29. The topological polar surface area (TPSA) is 46.6 Å². The van der Waals surface area contributed by atoms with Crippen LogP contribution in [0, 0.1) is 5.41 Å². The highest BCUT2D eigenvalue weighted by Crippen LogP contribution is 2.41. The van der Waals surface area contributed by atoms with Crippen molar-refractivity contribution in [1.82, 2.24) is 4.90 Å². The summed E-state index contributed by atoms with van der Waals surface area (Å²) in [5.41, 5.74) is 4.68. The lowest BCUT2D eigenvalue weighted by Crippen LogP contribution is -2.44. The van der Waals surface area contributed by atoms with Gasteiger partial charge in [-0.3, -0.25) is 4.90 Å². The Morgan fingerprint density at radius 3 is 1.82 bits per heavy atom. The molecule has 0 aliphatic carbocycles. The Kier molecular flexibility index (Phi) is 9.16. The predicted octanol–water partition coefficient (Wildman–Crippen LogP) is 8.21. The highest BCUT2D eigenvalue weighted by molar-refractivity contribution is 8.00. The van der Waals surface area contributed by atoms with E-state index in [1.165, 1.54) is 6.26 Å². The van der Waals surface area contributed by atoms with Crippen LogP contribution in [0.5, 0.6) is 0 Å². The van der Waals surface area contributed by atoms with Crippen LogP contribution in [0.3, 0.4) is 0 Å². The van der Waals surface area contributed by atoms with Gasteiger partial charge in [0.1, 0.15) is 0 Å². The number of hydrogen-bond acceptors (Lipinski definition) is 4. The molecule has 207 valence electrons. The molecule has 3 aromatic carbocycles. The minimum absolute atomic E-state index is 0.0521. The van der Waals surface area contributed by atoms with E-state index in [-0.39, 0.29) is 17.6 Å². The average molecular weight is 602 g/mol. The van der Waals surface area contributed by atoms with Crippen LogP contribution in [0.1, 0.15) is 55.2 Å². The van der Waals surface area contributed by atoms with Crippen LogP contribution in [-0.4, -0.2) is 41.7 Å². The number of hydrogen-bond donors (Lipinski definition) is 0. The fraction of sp³-hybridized carbons (Fsp3) is 0.355. The molecule has 1 unspecified atom stereocenters. The largest absolute Gasteiger partial charge is 0.410 e. The molecule has 0 bridgehead atoms. The maximum absolute atomic E-state index is 13.2. The number of benzene rings is 3. The van der Waals surface area contributed by atoms with E-state index >= 15 is 0 Å². The first kappa shape index (κ1) is 30.0. The molecule has 4 nitrogen and oxygen atoms in total. The number of sulfone groups is 1. The normalized spacial score (nSPS) is 15.5. The Labute approximate surface area is 245 Å². The van der Waals surface area contributed by atoms with E-state index < -0.39 is 18.9 Å². The molecule has 3 aromatic rings. The predicted molar refractivity (Wildman–Crippen MR) is 165 cm³/mol. The molecule has 1 aliphatic heterocycles. The zero-order valence-corrected chi connectivity index (χ0v) is 26.7. The molecule has 1 aliphatic rings. The Morgan fingerprint density at radius 2 is 1.38 bits per heavy atom. The van der Waals surface area contributed by atoms with Gasteiger partial charge in [0.2, 0.25) is 9.04 Å². The van der Waals surface area contributed by atoms with Crippen LogP contribution in [-0.2, 0) is 14.3 Å². The van der Waals surface area contributed by atoms with E-state index in [0.717, 1.165) is 27.8 Å². The second-order valence-corrected chi connectivity index (χ2v) is 16.4. The zero-order valence-electron chi connectivity index (χ0n) is 23.3. The van der Waals surface area contributed by atoms with Crippen molar-refractivity contribution in [1.29, 1.82) is 0 Å². The van der Waals surface area contributed by atoms with Crippen LogP contribution in [0.2, 0.25) is 23.1 Å². The molecule has 0 spiro atoms. The van der Waals surface area contributed by atoms with Crippen LogP contribution in [0.25, 0.3) is 4.91 Å². The summed E-state index contributed by atoms with van der Waals surface area (Å²) in [7, 11) is -4.45. The number of halogens is 2. The van der Waals surface area contributed by atoms with Gasteiger partial charge < -0.3 is 4.43 Å². The minimum atomic E-state index is -3.49. The lowest BCUT2D eigenvalue weighted by Gasteiger charge is -2.42. The van der Waals surface area contributed by atoms with Crippen LogP contribution >= 0.6 is 23.2 Å². The fourth-order valence-electron chi connectivity index (χ4n) is 5.18. The molecule has 1 radical (unpaired) electrons. The Balaban J connectivity index is 1.72. The standard InChI is InChI=1S/C31H36Cl2NO3SSi/c1-31(2,3)30(37-39(5)6)24-9-7-8-23(18-24)29(38(4,35)36)25-19-34(20-25)28(21-10-14-26(32)15-11-21)22-12-16-27(33)17-13-22/h7-18,28,30H,19-20H2,1-6H3. The maximum Gasteiger partial charge on any atom is 0.205 e. The SMILES string of the molecule is C[Si](C)OC(c1cccc(C(=C2CN(C(c3ccc(Cl)cc3)c3ccc(Cl)cc3)C2)S(C)(=O)=O)c1)C(C)(C)C. The molecular weight excluding hydrogens is 565 g/mol. The summed E-state index contributed by atoms with van der Waals surface area (Å²) in [6.07, 6.45) is 1.18. The number of rotatable bonds is 8. The van der Waals surface area contributed by atoms with Gasteiger partial charge in [0.05, 0.1) is 17.1 Å². The molecule has 0 amide bonds. The fourth-order valence-corrected chi connectivity index (χ4v) is 7.60. The van der Waals surface area contributed by atoms with Crippen molar-refractivity contribution in [2.45, 2.75) is 46.0 Å². The highest BCUT2D eigenvalue weighted by Gasteiger charge is 2.35. The first-order valence-corrected chi connectivity index (χ1v) is 18.0. The molecule has 1 heterocycles. The molecule has 0 saturated carbocycles. The molecule has 8 heteroatoms. The van der Waals surface area contributed by atoms with E-state index in [4.69, 9.17) is 27.6 Å². The van der Waals surface area contributed by atoms with Gasteiger partial charge in [-0.05, 0) is 76.7 Å². The van der Waals surface area contributed by atoms with Crippen LogP contribution in [0.4, 0.5) is 0 Å². The van der Waals surface area contributed by atoms with Gasteiger partial charge in [-0.2, -0.15) is 0 Å². The van der Waals surface area contributed by atoms with Crippen LogP contribution in [0.15, 0.2) is 78.4 Å².